The molecule has 2 fully saturated rings. The highest BCUT2D eigenvalue weighted by atomic mass is 32.2. The third-order valence-corrected chi connectivity index (χ3v) is 5.26. The second-order valence-corrected chi connectivity index (χ2v) is 7.46. The SMILES string of the molecule is CS(=O)(=O)N1CCC[C@@H]1CN=C(N)NC1CCCC1. The fourth-order valence-corrected chi connectivity index (χ4v) is 4.13. The highest BCUT2D eigenvalue weighted by Gasteiger charge is 2.31. The van der Waals surface area contributed by atoms with Crippen LogP contribution in [-0.4, -0.2) is 50.1 Å². The Morgan fingerprint density at radius 3 is 2.63 bits per heavy atom. The van der Waals surface area contributed by atoms with Gasteiger partial charge < -0.3 is 11.1 Å². The van der Waals surface area contributed by atoms with E-state index in [1.807, 2.05) is 0 Å². The topological polar surface area (TPSA) is 87.8 Å². The average molecular weight is 288 g/mol. The quantitative estimate of drug-likeness (QED) is 0.573. The minimum absolute atomic E-state index is 0.0288. The van der Waals surface area contributed by atoms with E-state index in [1.165, 1.54) is 19.1 Å². The van der Waals surface area contributed by atoms with Crippen LogP contribution in [0.4, 0.5) is 0 Å². The molecule has 1 saturated heterocycles. The smallest absolute Gasteiger partial charge is 0.211 e. The van der Waals surface area contributed by atoms with E-state index >= 15 is 0 Å². The monoisotopic (exact) mass is 288 g/mol. The zero-order valence-corrected chi connectivity index (χ0v) is 12.3. The Balaban J connectivity index is 1.86. The summed E-state index contributed by atoms with van der Waals surface area (Å²) in [6, 6.07) is 0.414. The molecule has 0 spiro atoms. The lowest BCUT2D eigenvalue weighted by atomic mass is 10.2. The fraction of sp³-hybridized carbons (Fsp3) is 0.917. The summed E-state index contributed by atoms with van der Waals surface area (Å²) in [6.45, 7) is 1.06. The Kier molecular flexibility index (Phi) is 4.67. The summed E-state index contributed by atoms with van der Waals surface area (Å²) < 4.78 is 24.7. The predicted molar refractivity (Wildman–Crippen MR) is 76.5 cm³/mol. The lowest BCUT2D eigenvalue weighted by Crippen LogP contribution is -2.41. The summed E-state index contributed by atoms with van der Waals surface area (Å²) in [5.41, 5.74) is 5.86. The molecule has 1 heterocycles. The van der Waals surface area contributed by atoms with Gasteiger partial charge in [0.25, 0.3) is 0 Å². The lowest BCUT2D eigenvalue weighted by Gasteiger charge is -2.21. The summed E-state index contributed by atoms with van der Waals surface area (Å²) >= 11 is 0. The van der Waals surface area contributed by atoms with Gasteiger partial charge in [-0.2, -0.15) is 4.31 Å². The summed E-state index contributed by atoms with van der Waals surface area (Å²) in [6.07, 6.45) is 7.82. The van der Waals surface area contributed by atoms with Gasteiger partial charge in [-0.3, -0.25) is 4.99 Å². The molecule has 0 amide bonds. The van der Waals surface area contributed by atoms with Gasteiger partial charge in [0, 0.05) is 18.6 Å². The molecule has 0 aromatic rings. The summed E-state index contributed by atoms with van der Waals surface area (Å²) in [4.78, 5) is 4.31. The van der Waals surface area contributed by atoms with E-state index in [0.717, 1.165) is 25.7 Å². The summed E-state index contributed by atoms with van der Waals surface area (Å²) in [5, 5.41) is 3.22. The number of rotatable bonds is 4. The normalized spacial score (nSPS) is 27.0. The van der Waals surface area contributed by atoms with Gasteiger partial charge in [0.05, 0.1) is 12.8 Å². The van der Waals surface area contributed by atoms with Gasteiger partial charge in [-0.15, -0.1) is 0 Å². The second kappa shape index (κ2) is 6.09. The number of guanidine groups is 1. The van der Waals surface area contributed by atoms with E-state index in [9.17, 15) is 8.42 Å². The van der Waals surface area contributed by atoms with Gasteiger partial charge in [-0.25, -0.2) is 8.42 Å². The van der Waals surface area contributed by atoms with E-state index in [4.69, 9.17) is 5.73 Å². The third-order valence-electron chi connectivity index (χ3n) is 3.93. The van der Waals surface area contributed by atoms with Crippen molar-refractivity contribution in [2.45, 2.75) is 50.6 Å². The number of hydrogen-bond donors (Lipinski definition) is 2. The molecule has 1 saturated carbocycles. The molecule has 0 aromatic heterocycles. The molecule has 2 aliphatic rings. The average Bonchev–Trinajstić information content (AvgIpc) is 2.95. The first-order chi connectivity index (χ1) is 8.97. The van der Waals surface area contributed by atoms with Crippen molar-refractivity contribution < 1.29 is 8.42 Å². The largest absolute Gasteiger partial charge is 0.370 e. The molecule has 7 heteroatoms. The number of nitrogens with two attached hydrogens (primary N) is 1. The van der Waals surface area contributed by atoms with Gasteiger partial charge in [0.1, 0.15) is 0 Å². The third kappa shape index (κ3) is 4.07. The summed E-state index contributed by atoms with van der Waals surface area (Å²) in [7, 11) is -3.12. The maximum atomic E-state index is 11.6. The van der Waals surface area contributed by atoms with E-state index in [-0.39, 0.29) is 6.04 Å². The second-order valence-electron chi connectivity index (χ2n) is 5.52. The van der Waals surface area contributed by atoms with Crippen LogP contribution in [0.25, 0.3) is 0 Å². The standard InChI is InChI=1S/C12H24N4O2S/c1-19(17,18)16-8-4-7-11(16)9-14-12(13)15-10-5-2-3-6-10/h10-11H,2-9H2,1H3,(H3,13,14,15)/t11-/m1/s1. The Bertz CT molecular complexity index is 429. The Morgan fingerprint density at radius 2 is 2.00 bits per heavy atom. The molecule has 0 aromatic carbocycles. The molecule has 1 atom stereocenters. The van der Waals surface area contributed by atoms with Crippen molar-refractivity contribution in [2.24, 2.45) is 10.7 Å². The Morgan fingerprint density at radius 1 is 1.32 bits per heavy atom. The van der Waals surface area contributed by atoms with Gasteiger partial charge in [-0.1, -0.05) is 12.8 Å². The van der Waals surface area contributed by atoms with Crippen LogP contribution in [0, 0.1) is 0 Å². The molecule has 1 aliphatic carbocycles. The lowest BCUT2D eigenvalue weighted by molar-refractivity contribution is 0.396. The van der Waals surface area contributed by atoms with Gasteiger partial charge in [0.15, 0.2) is 5.96 Å². The van der Waals surface area contributed by atoms with Crippen molar-refractivity contribution in [1.82, 2.24) is 9.62 Å². The first-order valence-corrected chi connectivity index (χ1v) is 8.85. The highest BCUT2D eigenvalue weighted by molar-refractivity contribution is 7.88. The molecular weight excluding hydrogens is 264 g/mol. The van der Waals surface area contributed by atoms with E-state index in [1.54, 1.807) is 4.31 Å². The van der Waals surface area contributed by atoms with Crippen LogP contribution in [0.5, 0.6) is 0 Å². The number of hydrogen-bond acceptors (Lipinski definition) is 3. The minimum Gasteiger partial charge on any atom is -0.370 e. The molecular formula is C12H24N4O2S. The van der Waals surface area contributed by atoms with Crippen molar-refractivity contribution in [3.63, 3.8) is 0 Å². The van der Waals surface area contributed by atoms with Crippen LogP contribution in [0.3, 0.4) is 0 Å². The van der Waals surface area contributed by atoms with Crippen LogP contribution in [-0.2, 0) is 10.0 Å². The van der Waals surface area contributed by atoms with E-state index in [0.29, 0.717) is 25.1 Å². The Labute approximate surface area is 115 Å². The number of aliphatic imine (C=N–C) groups is 1. The van der Waals surface area contributed by atoms with Gasteiger partial charge >= 0.3 is 0 Å². The molecule has 0 radical (unpaired) electrons. The van der Waals surface area contributed by atoms with Crippen molar-refractivity contribution >= 4 is 16.0 Å². The predicted octanol–water partition coefficient (Wildman–Crippen LogP) is 0.257. The summed E-state index contributed by atoms with van der Waals surface area (Å²) in [5.74, 6) is 0.451. The van der Waals surface area contributed by atoms with Crippen LogP contribution in [0.1, 0.15) is 38.5 Å². The molecule has 110 valence electrons. The minimum atomic E-state index is -3.12. The first kappa shape index (κ1) is 14.6. The van der Waals surface area contributed by atoms with Crippen molar-refractivity contribution in [3.8, 4) is 0 Å². The zero-order valence-electron chi connectivity index (χ0n) is 11.5. The Hall–Kier alpha value is -0.820. The molecule has 6 nitrogen and oxygen atoms in total. The van der Waals surface area contributed by atoms with E-state index in [2.05, 4.69) is 10.3 Å². The highest BCUT2D eigenvalue weighted by Crippen LogP contribution is 2.20. The molecule has 0 unspecified atom stereocenters. The number of nitrogens with zero attached hydrogens (tertiary/aromatic N) is 2. The molecule has 3 N–H and O–H groups in total. The molecule has 1 aliphatic heterocycles. The number of nitrogens with one attached hydrogen (secondary N) is 1. The molecule has 0 bridgehead atoms. The van der Waals surface area contributed by atoms with Crippen LogP contribution >= 0.6 is 0 Å². The van der Waals surface area contributed by atoms with Gasteiger partial charge in [0.2, 0.25) is 10.0 Å². The van der Waals surface area contributed by atoms with Crippen LogP contribution < -0.4 is 11.1 Å². The van der Waals surface area contributed by atoms with Crippen LogP contribution in [0.2, 0.25) is 0 Å². The van der Waals surface area contributed by atoms with E-state index < -0.39 is 10.0 Å². The maximum Gasteiger partial charge on any atom is 0.211 e. The number of sulfonamides is 1. The zero-order chi connectivity index (χ0) is 13.9. The first-order valence-electron chi connectivity index (χ1n) is 7.00. The van der Waals surface area contributed by atoms with Crippen LogP contribution in [0.15, 0.2) is 4.99 Å². The van der Waals surface area contributed by atoms with Crippen molar-refractivity contribution in [3.05, 3.63) is 0 Å². The fourth-order valence-electron chi connectivity index (χ4n) is 2.96. The van der Waals surface area contributed by atoms with Crippen molar-refractivity contribution in [2.75, 3.05) is 19.3 Å². The van der Waals surface area contributed by atoms with Crippen molar-refractivity contribution in [1.29, 1.82) is 0 Å². The molecule has 2 rings (SSSR count). The van der Waals surface area contributed by atoms with Gasteiger partial charge in [-0.05, 0) is 25.7 Å². The molecule has 19 heavy (non-hydrogen) atoms. The maximum absolute atomic E-state index is 11.6.